The van der Waals surface area contributed by atoms with Gasteiger partial charge in [0.05, 0.1) is 12.2 Å². The molecule has 6 nitrogen and oxygen atoms in total. The maximum Gasteiger partial charge on any atom is 0.338 e. The van der Waals surface area contributed by atoms with Gasteiger partial charge in [0.15, 0.2) is 26.3 Å². The van der Waals surface area contributed by atoms with Crippen LogP contribution in [0.1, 0.15) is 45.0 Å². The van der Waals surface area contributed by atoms with E-state index in [1.54, 1.807) is 24.3 Å². The number of hydrogen-bond acceptors (Lipinski definition) is 6. The second-order valence-electron chi connectivity index (χ2n) is 9.46. The van der Waals surface area contributed by atoms with Gasteiger partial charge in [0, 0.05) is 0 Å². The average molecular weight is 421 g/mol. The van der Waals surface area contributed by atoms with Gasteiger partial charge >= 0.3 is 5.97 Å². The number of carbonyl (C=O) groups is 1. The summed E-state index contributed by atoms with van der Waals surface area (Å²) in [5, 5.41) is 0.105. The molecular formula is C22H32O6Si. The van der Waals surface area contributed by atoms with Crippen molar-refractivity contribution >= 4 is 14.3 Å². The largest absolute Gasteiger partial charge is 0.462 e. The number of benzene rings is 1. The Bertz CT molecular complexity index is 765. The van der Waals surface area contributed by atoms with E-state index in [2.05, 4.69) is 33.9 Å². The van der Waals surface area contributed by atoms with Crippen LogP contribution in [0.3, 0.4) is 0 Å². The summed E-state index contributed by atoms with van der Waals surface area (Å²) in [5.74, 6) is -0.710. The predicted molar refractivity (Wildman–Crippen MR) is 112 cm³/mol. The summed E-state index contributed by atoms with van der Waals surface area (Å²) >= 11 is 0. The fourth-order valence-electron chi connectivity index (χ4n) is 3.01. The number of esters is 1. The maximum atomic E-state index is 12.6. The van der Waals surface area contributed by atoms with E-state index in [-0.39, 0.29) is 5.04 Å². The van der Waals surface area contributed by atoms with Crippen LogP contribution in [0.15, 0.2) is 42.2 Å². The molecule has 2 saturated heterocycles. The molecule has 0 amide bonds. The van der Waals surface area contributed by atoms with Gasteiger partial charge in [-0.2, -0.15) is 0 Å². The van der Waals surface area contributed by atoms with Crippen molar-refractivity contribution in [1.29, 1.82) is 0 Å². The number of carbonyl (C=O) groups excluding carboxylic acids is 1. The monoisotopic (exact) mass is 420 g/mol. The van der Waals surface area contributed by atoms with Gasteiger partial charge in [0.1, 0.15) is 5.76 Å². The van der Waals surface area contributed by atoms with E-state index in [1.807, 2.05) is 26.0 Å². The second kappa shape index (κ2) is 7.87. The van der Waals surface area contributed by atoms with Gasteiger partial charge < -0.3 is 23.4 Å². The van der Waals surface area contributed by atoms with Crippen LogP contribution >= 0.6 is 0 Å². The van der Waals surface area contributed by atoms with Crippen LogP contribution < -0.4 is 0 Å². The van der Waals surface area contributed by atoms with Crippen molar-refractivity contribution in [1.82, 2.24) is 0 Å². The molecule has 2 heterocycles. The van der Waals surface area contributed by atoms with Crippen LogP contribution in [-0.2, 0) is 23.4 Å². The molecule has 2 fully saturated rings. The molecule has 3 atom stereocenters. The topological polar surface area (TPSA) is 63.2 Å². The first-order valence-corrected chi connectivity index (χ1v) is 12.9. The summed E-state index contributed by atoms with van der Waals surface area (Å²) in [4.78, 5) is 12.6. The minimum absolute atomic E-state index is 0.105. The number of ether oxygens (including phenoxy) is 4. The lowest BCUT2D eigenvalue weighted by Crippen LogP contribution is -2.40. The Morgan fingerprint density at radius 1 is 1.17 bits per heavy atom. The molecule has 0 N–H and O–H groups in total. The van der Waals surface area contributed by atoms with Crippen molar-refractivity contribution in [2.24, 2.45) is 0 Å². The van der Waals surface area contributed by atoms with Crippen molar-refractivity contribution < 1.29 is 28.2 Å². The van der Waals surface area contributed by atoms with E-state index in [4.69, 9.17) is 23.4 Å². The zero-order valence-electron chi connectivity index (χ0n) is 18.4. The molecule has 2 aliphatic rings. The van der Waals surface area contributed by atoms with Crippen LogP contribution in [0, 0.1) is 0 Å². The molecule has 1 aromatic rings. The Kier molecular flexibility index (Phi) is 5.98. The third-order valence-corrected chi connectivity index (χ3v) is 10.2. The van der Waals surface area contributed by atoms with E-state index in [0.29, 0.717) is 17.9 Å². The van der Waals surface area contributed by atoms with Gasteiger partial charge in [-0.1, -0.05) is 39.0 Å². The Balaban J connectivity index is 1.76. The fraction of sp³-hybridized carbons (Fsp3) is 0.591. The summed E-state index contributed by atoms with van der Waals surface area (Å²) < 4.78 is 29.7. The molecule has 160 valence electrons. The second-order valence-corrected chi connectivity index (χ2v) is 14.3. The lowest BCUT2D eigenvalue weighted by atomic mass is 10.2. The minimum Gasteiger partial charge on any atom is -0.462 e. The van der Waals surface area contributed by atoms with Crippen molar-refractivity contribution in [3.8, 4) is 0 Å². The van der Waals surface area contributed by atoms with Crippen LogP contribution in [0.2, 0.25) is 18.1 Å². The quantitative estimate of drug-likeness (QED) is 0.511. The molecule has 29 heavy (non-hydrogen) atoms. The Morgan fingerprint density at radius 3 is 2.45 bits per heavy atom. The minimum atomic E-state index is -1.91. The van der Waals surface area contributed by atoms with Gasteiger partial charge in [-0.3, -0.25) is 0 Å². The number of hydrogen-bond donors (Lipinski definition) is 0. The lowest BCUT2D eigenvalue weighted by molar-refractivity contribution is -0.189. The number of rotatable bonds is 5. The first kappa shape index (κ1) is 22.0. The van der Waals surface area contributed by atoms with Crippen LogP contribution in [0.25, 0.3) is 0 Å². The van der Waals surface area contributed by atoms with Gasteiger partial charge in [0.2, 0.25) is 6.29 Å². The molecule has 0 saturated carbocycles. The van der Waals surface area contributed by atoms with E-state index in [0.717, 1.165) is 0 Å². The van der Waals surface area contributed by atoms with E-state index in [9.17, 15) is 4.79 Å². The van der Waals surface area contributed by atoms with Crippen molar-refractivity contribution in [3.05, 3.63) is 47.7 Å². The average Bonchev–Trinajstić information content (AvgIpc) is 3.07. The molecule has 0 bridgehead atoms. The zero-order valence-corrected chi connectivity index (χ0v) is 19.4. The third kappa shape index (κ3) is 4.91. The molecule has 7 heteroatoms. The van der Waals surface area contributed by atoms with Crippen molar-refractivity contribution in [2.45, 2.75) is 77.0 Å². The SMILES string of the molecule is CC1(C)O[C@H]2O/C(=C\CO[Si](C)(C)C(C)(C)C)[C@@H](OC(=O)c3ccccc3)[C@H]2O1. The summed E-state index contributed by atoms with van der Waals surface area (Å²) in [6.45, 7) is 15.0. The predicted octanol–water partition coefficient (Wildman–Crippen LogP) is 4.63. The third-order valence-electron chi connectivity index (χ3n) is 5.70. The first-order chi connectivity index (χ1) is 13.4. The van der Waals surface area contributed by atoms with Gasteiger partial charge in [-0.15, -0.1) is 0 Å². The molecule has 1 aromatic carbocycles. The van der Waals surface area contributed by atoms with E-state index >= 15 is 0 Å². The molecule has 0 unspecified atom stereocenters. The molecule has 0 aromatic heterocycles. The van der Waals surface area contributed by atoms with Crippen LogP contribution in [0.5, 0.6) is 0 Å². The fourth-order valence-corrected chi connectivity index (χ4v) is 3.95. The smallest absolute Gasteiger partial charge is 0.338 e. The molecule has 2 aliphatic heterocycles. The summed E-state index contributed by atoms with van der Waals surface area (Å²) in [7, 11) is -1.91. The van der Waals surface area contributed by atoms with Gasteiger partial charge in [-0.25, -0.2) is 4.79 Å². The van der Waals surface area contributed by atoms with Gasteiger partial charge in [0.25, 0.3) is 0 Å². The Hall–Kier alpha value is -1.67. The van der Waals surface area contributed by atoms with Gasteiger partial charge in [-0.05, 0) is 50.2 Å². The first-order valence-electron chi connectivity index (χ1n) is 10.0. The molecule has 0 spiro atoms. The highest BCUT2D eigenvalue weighted by Crippen LogP contribution is 2.41. The molecule has 0 radical (unpaired) electrons. The summed E-state index contributed by atoms with van der Waals surface area (Å²) in [6, 6.07) is 8.88. The highest BCUT2D eigenvalue weighted by atomic mass is 28.4. The van der Waals surface area contributed by atoms with Crippen LogP contribution in [-0.4, -0.2) is 45.2 Å². The van der Waals surface area contributed by atoms with E-state index < -0.39 is 38.6 Å². The van der Waals surface area contributed by atoms with E-state index in [1.165, 1.54) is 0 Å². The highest BCUT2D eigenvalue weighted by Gasteiger charge is 2.55. The summed E-state index contributed by atoms with van der Waals surface area (Å²) in [6.07, 6.45) is 0.0218. The Labute approximate surface area is 174 Å². The maximum absolute atomic E-state index is 12.6. The number of fused-ring (bicyclic) bond motifs is 1. The zero-order chi connectivity index (χ0) is 21.4. The molecule has 3 rings (SSSR count). The Morgan fingerprint density at radius 2 is 1.83 bits per heavy atom. The van der Waals surface area contributed by atoms with Crippen LogP contribution in [0.4, 0.5) is 0 Å². The normalized spacial score (nSPS) is 27.6. The lowest BCUT2D eigenvalue weighted by Gasteiger charge is -2.35. The summed E-state index contributed by atoms with van der Waals surface area (Å²) in [5.41, 5.74) is 0.478. The van der Waals surface area contributed by atoms with Crippen molar-refractivity contribution in [3.63, 3.8) is 0 Å². The van der Waals surface area contributed by atoms with Crippen molar-refractivity contribution in [2.75, 3.05) is 6.61 Å². The highest BCUT2D eigenvalue weighted by molar-refractivity contribution is 6.74. The molecule has 0 aliphatic carbocycles. The molecular weight excluding hydrogens is 388 g/mol. The standard InChI is InChI=1S/C22H32O6Si/c1-21(2,3)29(6,7)24-14-13-16-17(18-20(25-16)28-22(4,5)27-18)26-19(23)15-11-9-8-10-12-15/h8-13,17-18,20H,14H2,1-7H3/b16-13-/t17-,18-,20-/m1/s1.